The van der Waals surface area contributed by atoms with Crippen LogP contribution in [0, 0.1) is 0 Å². The van der Waals surface area contributed by atoms with Crippen molar-refractivity contribution in [3.05, 3.63) is 30.6 Å². The van der Waals surface area contributed by atoms with Gasteiger partial charge in [-0.1, -0.05) is 0 Å². The topological polar surface area (TPSA) is 88.4 Å². The van der Waals surface area contributed by atoms with Crippen LogP contribution < -0.4 is 15.0 Å². The van der Waals surface area contributed by atoms with E-state index in [0.717, 1.165) is 44.9 Å². The lowest BCUT2D eigenvalue weighted by Gasteiger charge is -2.36. The first kappa shape index (κ1) is 18.1. The van der Waals surface area contributed by atoms with E-state index in [4.69, 9.17) is 4.74 Å². The molecule has 26 heavy (non-hydrogen) atoms. The van der Waals surface area contributed by atoms with Crippen LogP contribution in [0.4, 0.5) is 5.69 Å². The molecule has 2 aromatic rings. The maximum absolute atomic E-state index is 11.8. The van der Waals surface area contributed by atoms with Crippen LogP contribution in [0.1, 0.15) is 6.42 Å². The van der Waals surface area contributed by atoms with E-state index in [1.54, 1.807) is 7.11 Å². The second-order valence-electron chi connectivity index (χ2n) is 6.24. The van der Waals surface area contributed by atoms with Crippen LogP contribution in [0.5, 0.6) is 5.75 Å². The highest BCUT2D eigenvalue weighted by molar-refractivity contribution is 5.75. The molecule has 1 aliphatic heterocycles. The predicted molar refractivity (Wildman–Crippen MR) is 97.1 cm³/mol. The Hall–Kier alpha value is -2.68. The van der Waals surface area contributed by atoms with Crippen molar-refractivity contribution in [3.8, 4) is 5.75 Å². The summed E-state index contributed by atoms with van der Waals surface area (Å²) in [4.78, 5) is 16.6. The molecule has 1 aromatic carbocycles. The molecule has 2 heterocycles. The molecule has 1 aliphatic rings. The summed E-state index contributed by atoms with van der Waals surface area (Å²) in [6, 6.07) is 8.21. The number of amides is 1. The van der Waals surface area contributed by atoms with Gasteiger partial charge >= 0.3 is 0 Å². The molecule has 0 radical (unpaired) electrons. The minimum Gasteiger partial charge on any atom is -0.497 e. The van der Waals surface area contributed by atoms with Gasteiger partial charge in [0, 0.05) is 38.4 Å². The third-order valence-electron chi connectivity index (χ3n) is 4.48. The Balaban J connectivity index is 1.30. The number of rotatable bonds is 8. The van der Waals surface area contributed by atoms with Crippen LogP contribution in [0.25, 0.3) is 0 Å². The zero-order valence-corrected chi connectivity index (χ0v) is 15.0. The number of hydrogen-bond donors (Lipinski definition) is 1. The number of carbonyl (C=O) groups excluding carboxylic acids is 1. The highest BCUT2D eigenvalue weighted by atomic mass is 16.5. The Morgan fingerprint density at radius 2 is 1.96 bits per heavy atom. The fourth-order valence-corrected chi connectivity index (χ4v) is 3.01. The van der Waals surface area contributed by atoms with Gasteiger partial charge < -0.3 is 15.0 Å². The number of piperazine rings is 1. The van der Waals surface area contributed by atoms with Crippen LogP contribution in [0.3, 0.4) is 0 Å². The summed E-state index contributed by atoms with van der Waals surface area (Å²) >= 11 is 0. The van der Waals surface area contributed by atoms with Crippen molar-refractivity contribution < 1.29 is 9.53 Å². The Labute approximate surface area is 152 Å². The van der Waals surface area contributed by atoms with Crippen LogP contribution in [0.15, 0.2) is 30.6 Å². The Bertz CT molecular complexity index is 667. The zero-order chi connectivity index (χ0) is 18.2. The van der Waals surface area contributed by atoms with Crippen molar-refractivity contribution in [2.24, 2.45) is 0 Å². The number of aromatic nitrogens is 4. The number of tetrazole rings is 1. The molecule has 1 amide bonds. The van der Waals surface area contributed by atoms with Gasteiger partial charge in [-0.05, 0) is 47.7 Å². The monoisotopic (exact) mass is 359 g/mol. The van der Waals surface area contributed by atoms with Gasteiger partial charge in [-0.3, -0.25) is 9.69 Å². The summed E-state index contributed by atoms with van der Waals surface area (Å²) in [5, 5.41) is 13.6. The average molecular weight is 359 g/mol. The molecule has 3 rings (SSSR count). The molecule has 9 nitrogen and oxygen atoms in total. The molecular formula is C17H25N7O2. The van der Waals surface area contributed by atoms with E-state index >= 15 is 0 Å². The largest absolute Gasteiger partial charge is 0.497 e. The molecular weight excluding hydrogens is 334 g/mol. The standard InChI is InChI=1S/C17H25N7O2/c1-26-16-5-3-15(4-6-16)23-11-9-22(10-12-23)8-2-7-18-17(25)13-24-14-19-20-21-24/h3-6,14H,2,7-13H2,1H3,(H,18,25). The van der Waals surface area contributed by atoms with Crippen LogP contribution in [0.2, 0.25) is 0 Å². The number of nitrogens with one attached hydrogen (secondary N) is 1. The molecule has 1 fully saturated rings. The van der Waals surface area contributed by atoms with Crippen molar-refractivity contribution in [2.75, 3.05) is 51.3 Å². The second kappa shape index (κ2) is 9.14. The van der Waals surface area contributed by atoms with Gasteiger partial charge in [0.2, 0.25) is 5.91 Å². The summed E-state index contributed by atoms with van der Waals surface area (Å²) in [6.07, 6.45) is 2.37. The Kier molecular flexibility index (Phi) is 6.37. The van der Waals surface area contributed by atoms with Crippen LogP contribution >= 0.6 is 0 Å². The van der Waals surface area contributed by atoms with Crippen molar-refractivity contribution in [3.63, 3.8) is 0 Å². The van der Waals surface area contributed by atoms with Crippen LogP contribution in [-0.2, 0) is 11.3 Å². The highest BCUT2D eigenvalue weighted by Gasteiger charge is 2.16. The molecule has 1 N–H and O–H groups in total. The lowest BCUT2D eigenvalue weighted by molar-refractivity contribution is -0.121. The smallest absolute Gasteiger partial charge is 0.241 e. The quantitative estimate of drug-likeness (QED) is 0.664. The first-order chi connectivity index (χ1) is 12.7. The van der Waals surface area contributed by atoms with E-state index in [0.29, 0.717) is 6.54 Å². The lowest BCUT2D eigenvalue weighted by atomic mass is 10.2. The van der Waals surface area contributed by atoms with Gasteiger partial charge in [-0.2, -0.15) is 0 Å². The molecule has 1 saturated heterocycles. The molecule has 0 aliphatic carbocycles. The number of anilines is 1. The summed E-state index contributed by atoms with van der Waals surface area (Å²) in [7, 11) is 1.68. The minimum absolute atomic E-state index is 0.0679. The molecule has 0 atom stereocenters. The SMILES string of the molecule is COc1ccc(N2CCN(CCCNC(=O)Cn3cnnn3)CC2)cc1. The van der Waals surface area contributed by atoms with Crippen molar-refractivity contribution in [2.45, 2.75) is 13.0 Å². The molecule has 0 bridgehead atoms. The molecule has 0 unspecified atom stereocenters. The van der Waals surface area contributed by atoms with Gasteiger partial charge in [0.15, 0.2) is 0 Å². The van der Waals surface area contributed by atoms with Gasteiger partial charge in [-0.25, -0.2) is 4.68 Å². The molecule has 0 spiro atoms. The van der Waals surface area contributed by atoms with E-state index < -0.39 is 0 Å². The van der Waals surface area contributed by atoms with E-state index in [1.165, 1.54) is 16.7 Å². The predicted octanol–water partition coefficient (Wildman–Crippen LogP) is 0.0102. The van der Waals surface area contributed by atoms with Gasteiger partial charge in [0.1, 0.15) is 18.6 Å². The minimum atomic E-state index is -0.0679. The Morgan fingerprint density at radius 3 is 2.62 bits per heavy atom. The van der Waals surface area contributed by atoms with Gasteiger partial charge in [-0.15, -0.1) is 5.10 Å². The van der Waals surface area contributed by atoms with Crippen molar-refractivity contribution >= 4 is 11.6 Å². The molecule has 0 saturated carbocycles. The van der Waals surface area contributed by atoms with Crippen LogP contribution in [-0.4, -0.2) is 77.4 Å². The van der Waals surface area contributed by atoms with E-state index in [-0.39, 0.29) is 12.5 Å². The maximum Gasteiger partial charge on any atom is 0.241 e. The van der Waals surface area contributed by atoms with E-state index in [1.807, 2.05) is 12.1 Å². The van der Waals surface area contributed by atoms with Crippen molar-refractivity contribution in [1.29, 1.82) is 0 Å². The number of nitrogens with zero attached hydrogens (tertiary/aromatic N) is 6. The zero-order valence-electron chi connectivity index (χ0n) is 15.0. The molecule has 140 valence electrons. The normalized spacial score (nSPS) is 15.0. The summed E-state index contributed by atoms with van der Waals surface area (Å²) in [5.41, 5.74) is 1.24. The third-order valence-corrected chi connectivity index (χ3v) is 4.48. The lowest BCUT2D eigenvalue weighted by Crippen LogP contribution is -2.47. The average Bonchev–Trinajstić information content (AvgIpc) is 3.19. The number of benzene rings is 1. The fourth-order valence-electron chi connectivity index (χ4n) is 3.01. The van der Waals surface area contributed by atoms with Gasteiger partial charge in [0.05, 0.1) is 7.11 Å². The number of hydrogen-bond acceptors (Lipinski definition) is 7. The first-order valence-electron chi connectivity index (χ1n) is 8.83. The fraction of sp³-hybridized carbons (Fsp3) is 0.529. The number of ether oxygens (including phenoxy) is 1. The Morgan fingerprint density at radius 1 is 1.19 bits per heavy atom. The number of methoxy groups -OCH3 is 1. The third kappa shape index (κ3) is 5.16. The summed E-state index contributed by atoms with van der Waals surface area (Å²) in [5.74, 6) is 0.816. The number of carbonyl (C=O) groups is 1. The summed E-state index contributed by atoms with van der Waals surface area (Å²) in [6.45, 7) is 5.90. The molecule has 1 aromatic heterocycles. The van der Waals surface area contributed by atoms with Gasteiger partial charge in [0.25, 0.3) is 0 Å². The second-order valence-corrected chi connectivity index (χ2v) is 6.24. The van der Waals surface area contributed by atoms with Crippen molar-refractivity contribution in [1.82, 2.24) is 30.4 Å². The highest BCUT2D eigenvalue weighted by Crippen LogP contribution is 2.20. The van der Waals surface area contributed by atoms with E-state index in [2.05, 4.69) is 42.8 Å². The maximum atomic E-state index is 11.8. The first-order valence-corrected chi connectivity index (χ1v) is 8.83. The molecule has 9 heteroatoms. The van der Waals surface area contributed by atoms with E-state index in [9.17, 15) is 4.79 Å². The summed E-state index contributed by atoms with van der Waals surface area (Å²) < 4.78 is 6.62.